The maximum atomic E-state index is 13.7. The number of hydrogen-bond donors (Lipinski definition) is 1. The fourth-order valence-corrected chi connectivity index (χ4v) is 2.66. The lowest BCUT2D eigenvalue weighted by molar-refractivity contribution is 0.166. The summed E-state index contributed by atoms with van der Waals surface area (Å²) in [7, 11) is 0. The molecule has 0 aliphatic carbocycles. The van der Waals surface area contributed by atoms with Crippen LogP contribution in [0.5, 0.6) is 0 Å². The van der Waals surface area contributed by atoms with Crippen molar-refractivity contribution in [1.82, 2.24) is 4.90 Å². The molecule has 1 N–H and O–H groups in total. The van der Waals surface area contributed by atoms with Gasteiger partial charge in [-0.1, -0.05) is 17.9 Å². The Morgan fingerprint density at radius 2 is 2.20 bits per heavy atom. The average molecular weight is 275 g/mol. The lowest BCUT2D eigenvalue weighted by Crippen LogP contribution is -2.37. The molecule has 0 radical (unpaired) electrons. The minimum atomic E-state index is -0.292. The van der Waals surface area contributed by atoms with E-state index in [0.29, 0.717) is 12.0 Å². The van der Waals surface area contributed by atoms with Crippen molar-refractivity contribution in [2.45, 2.75) is 45.2 Å². The standard InChI is InChI=1S/C17H22FNO/c1-17(2)9-5-10-19(17)13-14-7-8-16(18)15(12-14)6-3-4-11-20/h7-8,12,20H,4-5,9-11,13H2,1-2H3. The van der Waals surface area contributed by atoms with Crippen LogP contribution in [0.1, 0.15) is 44.2 Å². The number of aliphatic hydroxyl groups is 1. The Hall–Kier alpha value is -1.37. The molecule has 2 rings (SSSR count). The van der Waals surface area contributed by atoms with Crippen LogP contribution < -0.4 is 0 Å². The molecule has 1 aliphatic heterocycles. The van der Waals surface area contributed by atoms with Gasteiger partial charge in [-0.3, -0.25) is 4.90 Å². The molecule has 108 valence electrons. The molecule has 0 amide bonds. The van der Waals surface area contributed by atoms with Crippen molar-refractivity contribution >= 4 is 0 Å². The molecule has 20 heavy (non-hydrogen) atoms. The molecule has 0 saturated carbocycles. The summed E-state index contributed by atoms with van der Waals surface area (Å²) in [5, 5.41) is 8.71. The smallest absolute Gasteiger partial charge is 0.138 e. The highest BCUT2D eigenvalue weighted by molar-refractivity contribution is 5.38. The lowest BCUT2D eigenvalue weighted by atomic mass is 10.0. The van der Waals surface area contributed by atoms with Gasteiger partial charge < -0.3 is 5.11 Å². The highest BCUT2D eigenvalue weighted by Gasteiger charge is 2.31. The summed E-state index contributed by atoms with van der Waals surface area (Å²) in [6.45, 7) is 6.45. The molecule has 1 heterocycles. The molecule has 1 aliphatic rings. The summed E-state index contributed by atoms with van der Waals surface area (Å²) in [4.78, 5) is 2.44. The first kappa shape index (κ1) is 15.0. The van der Waals surface area contributed by atoms with Gasteiger partial charge in [0, 0.05) is 18.5 Å². The second-order valence-electron chi connectivity index (χ2n) is 5.93. The SMILES string of the molecule is CC1(C)CCCN1Cc1ccc(F)c(C#CCCO)c1. The van der Waals surface area contributed by atoms with Gasteiger partial charge in [0.25, 0.3) is 0 Å². The number of benzene rings is 1. The number of aliphatic hydroxyl groups excluding tert-OH is 1. The molecule has 1 saturated heterocycles. The Morgan fingerprint density at radius 1 is 1.40 bits per heavy atom. The fraction of sp³-hybridized carbons (Fsp3) is 0.529. The number of likely N-dealkylation sites (tertiary alicyclic amines) is 1. The van der Waals surface area contributed by atoms with Gasteiger partial charge in [-0.15, -0.1) is 0 Å². The van der Waals surface area contributed by atoms with Crippen molar-refractivity contribution in [1.29, 1.82) is 0 Å². The van der Waals surface area contributed by atoms with E-state index in [4.69, 9.17) is 5.11 Å². The summed E-state index contributed by atoms with van der Waals surface area (Å²) in [6.07, 6.45) is 2.80. The highest BCUT2D eigenvalue weighted by Crippen LogP contribution is 2.29. The van der Waals surface area contributed by atoms with Crippen LogP contribution in [0.3, 0.4) is 0 Å². The quantitative estimate of drug-likeness (QED) is 0.857. The predicted molar refractivity (Wildman–Crippen MR) is 78.7 cm³/mol. The molecule has 3 heteroatoms. The van der Waals surface area contributed by atoms with Gasteiger partial charge in [-0.25, -0.2) is 4.39 Å². The molecule has 0 atom stereocenters. The Bertz CT molecular complexity index is 528. The first-order valence-corrected chi connectivity index (χ1v) is 7.16. The summed E-state index contributed by atoms with van der Waals surface area (Å²) in [5.74, 6) is 5.28. The van der Waals surface area contributed by atoms with Crippen molar-refractivity contribution in [2.24, 2.45) is 0 Å². The van der Waals surface area contributed by atoms with E-state index in [0.717, 1.165) is 18.7 Å². The van der Waals surface area contributed by atoms with Gasteiger partial charge in [0.2, 0.25) is 0 Å². The maximum Gasteiger partial charge on any atom is 0.138 e. The molecule has 2 nitrogen and oxygen atoms in total. The van der Waals surface area contributed by atoms with Crippen molar-refractivity contribution in [2.75, 3.05) is 13.2 Å². The molecule has 1 fully saturated rings. The van der Waals surface area contributed by atoms with Crippen LogP contribution in [0.25, 0.3) is 0 Å². The molecule has 1 aromatic rings. The van der Waals surface area contributed by atoms with Crippen LogP contribution in [0, 0.1) is 17.7 Å². The van der Waals surface area contributed by atoms with E-state index in [1.165, 1.54) is 18.9 Å². The van der Waals surface area contributed by atoms with Gasteiger partial charge in [-0.05, 0) is 50.9 Å². The normalized spacial score (nSPS) is 17.8. The number of halogens is 1. The zero-order chi connectivity index (χ0) is 14.6. The number of hydrogen-bond acceptors (Lipinski definition) is 2. The second-order valence-corrected chi connectivity index (χ2v) is 5.93. The second kappa shape index (κ2) is 6.39. The molecular formula is C17H22FNO. The molecule has 1 aromatic carbocycles. The average Bonchev–Trinajstić information content (AvgIpc) is 2.73. The Morgan fingerprint density at radius 3 is 2.85 bits per heavy atom. The summed E-state index contributed by atoms with van der Waals surface area (Å²) in [6, 6.07) is 5.15. The van der Waals surface area contributed by atoms with Gasteiger partial charge >= 0.3 is 0 Å². The Kier molecular flexibility index (Phi) is 4.80. The largest absolute Gasteiger partial charge is 0.395 e. The molecule has 0 aromatic heterocycles. The van der Waals surface area contributed by atoms with Gasteiger partial charge in [0.15, 0.2) is 0 Å². The third-order valence-electron chi connectivity index (χ3n) is 3.94. The highest BCUT2D eigenvalue weighted by atomic mass is 19.1. The topological polar surface area (TPSA) is 23.5 Å². The Labute approximate surface area is 120 Å². The first-order chi connectivity index (χ1) is 9.53. The third-order valence-corrected chi connectivity index (χ3v) is 3.94. The van der Waals surface area contributed by atoms with Crippen molar-refractivity contribution in [3.05, 3.63) is 35.1 Å². The zero-order valence-electron chi connectivity index (χ0n) is 12.2. The third kappa shape index (κ3) is 3.59. The Balaban J connectivity index is 2.14. The predicted octanol–water partition coefficient (Wildman–Crippen LogP) is 2.93. The minimum Gasteiger partial charge on any atom is -0.395 e. The maximum absolute atomic E-state index is 13.7. The van der Waals surface area contributed by atoms with Crippen molar-refractivity contribution in [3.8, 4) is 11.8 Å². The van der Waals surface area contributed by atoms with Crippen molar-refractivity contribution < 1.29 is 9.50 Å². The fourth-order valence-electron chi connectivity index (χ4n) is 2.66. The first-order valence-electron chi connectivity index (χ1n) is 7.16. The van der Waals surface area contributed by atoms with Crippen LogP contribution >= 0.6 is 0 Å². The van der Waals surface area contributed by atoms with Crippen LogP contribution in [-0.2, 0) is 6.54 Å². The van der Waals surface area contributed by atoms with E-state index in [9.17, 15) is 4.39 Å². The summed E-state index contributed by atoms with van der Waals surface area (Å²) < 4.78 is 13.7. The summed E-state index contributed by atoms with van der Waals surface area (Å²) >= 11 is 0. The van der Waals surface area contributed by atoms with Crippen LogP contribution in [0.2, 0.25) is 0 Å². The van der Waals surface area contributed by atoms with Gasteiger partial charge in [0.1, 0.15) is 5.82 Å². The minimum absolute atomic E-state index is 0.0102. The van der Waals surface area contributed by atoms with E-state index in [2.05, 4.69) is 30.6 Å². The lowest BCUT2D eigenvalue weighted by Gasteiger charge is -2.31. The van der Waals surface area contributed by atoms with E-state index in [1.54, 1.807) is 0 Å². The van der Waals surface area contributed by atoms with E-state index < -0.39 is 0 Å². The van der Waals surface area contributed by atoms with Gasteiger partial charge in [-0.2, -0.15) is 0 Å². The molecular weight excluding hydrogens is 253 g/mol. The monoisotopic (exact) mass is 275 g/mol. The van der Waals surface area contributed by atoms with Crippen molar-refractivity contribution in [3.63, 3.8) is 0 Å². The van der Waals surface area contributed by atoms with Gasteiger partial charge in [0.05, 0.1) is 12.2 Å². The van der Waals surface area contributed by atoms with E-state index >= 15 is 0 Å². The molecule has 0 bridgehead atoms. The summed E-state index contributed by atoms with van der Waals surface area (Å²) in [5.41, 5.74) is 1.74. The number of nitrogens with zero attached hydrogens (tertiary/aromatic N) is 1. The van der Waals surface area contributed by atoms with E-state index in [1.807, 2.05) is 12.1 Å². The zero-order valence-corrected chi connectivity index (χ0v) is 12.2. The van der Waals surface area contributed by atoms with Crippen LogP contribution in [0.15, 0.2) is 18.2 Å². The molecule has 0 unspecified atom stereocenters. The molecule has 0 spiro atoms. The van der Waals surface area contributed by atoms with E-state index in [-0.39, 0.29) is 18.0 Å². The van der Waals surface area contributed by atoms with Crippen LogP contribution in [-0.4, -0.2) is 28.7 Å². The van der Waals surface area contributed by atoms with Crippen LogP contribution in [0.4, 0.5) is 4.39 Å². The number of rotatable bonds is 3.